The number of fused-ring (bicyclic) bond motifs is 1. The molecule has 1 unspecified atom stereocenters. The van der Waals surface area contributed by atoms with E-state index < -0.39 is 0 Å². The van der Waals surface area contributed by atoms with Crippen molar-refractivity contribution in [3.05, 3.63) is 26.7 Å². The van der Waals surface area contributed by atoms with E-state index in [0.717, 1.165) is 12.0 Å². The molecule has 1 aromatic carbocycles. The SMILES string of the molecule is NC1CCOc2c1cc(Cl)c(Cl)c2Cl. The highest BCUT2D eigenvalue weighted by Gasteiger charge is 2.23. The standard InChI is InChI=1S/C9H8Cl3NO/c10-5-3-4-6(13)1-2-14-9(4)8(12)7(5)11/h3,6H,1-2,13H2. The Kier molecular flexibility index (Phi) is 2.80. The van der Waals surface area contributed by atoms with Crippen molar-refractivity contribution in [1.82, 2.24) is 0 Å². The average molecular weight is 253 g/mol. The van der Waals surface area contributed by atoms with Gasteiger partial charge in [0.2, 0.25) is 0 Å². The lowest BCUT2D eigenvalue weighted by Gasteiger charge is -2.24. The van der Waals surface area contributed by atoms with Crippen LogP contribution in [0.2, 0.25) is 15.1 Å². The molecular weight excluding hydrogens is 244 g/mol. The lowest BCUT2D eigenvalue weighted by atomic mass is 10.0. The molecule has 1 aliphatic heterocycles. The van der Waals surface area contributed by atoms with E-state index in [1.807, 2.05) is 0 Å². The summed E-state index contributed by atoms with van der Waals surface area (Å²) in [6, 6.07) is 1.64. The van der Waals surface area contributed by atoms with Gasteiger partial charge in [-0.05, 0) is 6.07 Å². The molecule has 0 saturated heterocycles. The van der Waals surface area contributed by atoms with Gasteiger partial charge in [-0.3, -0.25) is 0 Å². The molecule has 0 fully saturated rings. The highest BCUT2D eigenvalue weighted by Crippen LogP contribution is 2.44. The van der Waals surface area contributed by atoms with Gasteiger partial charge in [0.05, 0.1) is 16.7 Å². The fraction of sp³-hybridized carbons (Fsp3) is 0.333. The smallest absolute Gasteiger partial charge is 0.144 e. The summed E-state index contributed by atoms with van der Waals surface area (Å²) in [6.07, 6.45) is 0.765. The van der Waals surface area contributed by atoms with Gasteiger partial charge in [-0.2, -0.15) is 0 Å². The van der Waals surface area contributed by atoms with Crippen LogP contribution in [0.4, 0.5) is 0 Å². The Labute approximate surface area is 96.9 Å². The number of hydrogen-bond acceptors (Lipinski definition) is 2. The minimum Gasteiger partial charge on any atom is -0.492 e. The Balaban J connectivity index is 2.63. The molecule has 0 amide bonds. The van der Waals surface area contributed by atoms with Gasteiger partial charge in [0, 0.05) is 18.0 Å². The normalized spacial score (nSPS) is 20.1. The molecule has 0 aromatic heterocycles. The minimum atomic E-state index is -0.0778. The summed E-state index contributed by atoms with van der Waals surface area (Å²) >= 11 is 17.8. The lowest BCUT2D eigenvalue weighted by molar-refractivity contribution is 0.269. The third-order valence-corrected chi connectivity index (χ3v) is 3.47. The van der Waals surface area contributed by atoms with Crippen molar-refractivity contribution in [2.24, 2.45) is 5.73 Å². The molecule has 2 nitrogen and oxygen atoms in total. The van der Waals surface area contributed by atoms with E-state index in [4.69, 9.17) is 45.3 Å². The van der Waals surface area contributed by atoms with Crippen LogP contribution in [0.1, 0.15) is 18.0 Å². The Hall–Kier alpha value is -0.150. The Morgan fingerprint density at radius 2 is 2.00 bits per heavy atom. The Bertz CT molecular complexity index is 381. The van der Waals surface area contributed by atoms with Crippen LogP contribution in [0.5, 0.6) is 5.75 Å². The van der Waals surface area contributed by atoms with Crippen LogP contribution in [-0.2, 0) is 0 Å². The molecule has 1 aliphatic rings. The van der Waals surface area contributed by atoms with E-state index >= 15 is 0 Å². The van der Waals surface area contributed by atoms with Crippen LogP contribution in [0.3, 0.4) is 0 Å². The number of hydrogen-bond donors (Lipinski definition) is 1. The van der Waals surface area contributed by atoms with Crippen molar-refractivity contribution in [1.29, 1.82) is 0 Å². The topological polar surface area (TPSA) is 35.2 Å². The zero-order valence-corrected chi connectivity index (χ0v) is 9.46. The summed E-state index contributed by atoms with van der Waals surface area (Å²) in [4.78, 5) is 0. The van der Waals surface area contributed by atoms with Crippen LogP contribution in [0, 0.1) is 0 Å². The average Bonchev–Trinajstić information content (AvgIpc) is 2.17. The summed E-state index contributed by atoms with van der Waals surface area (Å²) < 4.78 is 5.41. The van der Waals surface area contributed by atoms with Gasteiger partial charge >= 0.3 is 0 Å². The van der Waals surface area contributed by atoms with Crippen LogP contribution in [0.25, 0.3) is 0 Å². The van der Waals surface area contributed by atoms with Gasteiger partial charge in [0.1, 0.15) is 10.8 Å². The maximum Gasteiger partial charge on any atom is 0.144 e. The third kappa shape index (κ3) is 1.57. The fourth-order valence-electron chi connectivity index (χ4n) is 1.46. The van der Waals surface area contributed by atoms with Crippen molar-refractivity contribution in [2.45, 2.75) is 12.5 Å². The molecule has 2 rings (SSSR count). The van der Waals surface area contributed by atoms with Crippen LogP contribution in [0.15, 0.2) is 6.07 Å². The van der Waals surface area contributed by atoms with Crippen LogP contribution >= 0.6 is 34.8 Å². The highest BCUT2D eigenvalue weighted by molar-refractivity contribution is 6.48. The van der Waals surface area contributed by atoms with Gasteiger partial charge in [0.25, 0.3) is 0 Å². The molecule has 76 valence electrons. The zero-order chi connectivity index (χ0) is 10.3. The van der Waals surface area contributed by atoms with E-state index in [2.05, 4.69) is 0 Å². The summed E-state index contributed by atoms with van der Waals surface area (Å²) in [7, 11) is 0. The van der Waals surface area contributed by atoms with E-state index in [9.17, 15) is 0 Å². The molecule has 0 radical (unpaired) electrons. The maximum atomic E-state index is 5.98. The van der Waals surface area contributed by atoms with Crippen molar-refractivity contribution < 1.29 is 4.74 Å². The van der Waals surface area contributed by atoms with Gasteiger partial charge < -0.3 is 10.5 Å². The first-order chi connectivity index (χ1) is 6.61. The molecule has 1 heterocycles. The Morgan fingerprint density at radius 3 is 2.71 bits per heavy atom. The second-order valence-electron chi connectivity index (χ2n) is 3.15. The second-order valence-corrected chi connectivity index (χ2v) is 4.31. The van der Waals surface area contributed by atoms with Crippen molar-refractivity contribution >= 4 is 34.8 Å². The number of halogens is 3. The number of rotatable bonds is 0. The predicted octanol–water partition coefficient (Wildman–Crippen LogP) is 3.43. The van der Waals surface area contributed by atoms with Crippen molar-refractivity contribution in [2.75, 3.05) is 6.61 Å². The molecule has 5 heteroatoms. The number of nitrogens with two attached hydrogens (primary N) is 1. The quantitative estimate of drug-likeness (QED) is 0.718. The monoisotopic (exact) mass is 251 g/mol. The molecule has 0 aliphatic carbocycles. The van der Waals surface area contributed by atoms with E-state index in [1.54, 1.807) is 6.07 Å². The van der Waals surface area contributed by atoms with Crippen LogP contribution < -0.4 is 10.5 Å². The molecule has 2 N–H and O–H groups in total. The minimum absolute atomic E-state index is 0.0778. The first-order valence-electron chi connectivity index (χ1n) is 4.17. The van der Waals surface area contributed by atoms with Crippen molar-refractivity contribution in [3.8, 4) is 5.75 Å². The molecular formula is C9H8Cl3NO. The lowest BCUT2D eigenvalue weighted by Crippen LogP contribution is -2.20. The largest absolute Gasteiger partial charge is 0.492 e. The summed E-state index contributed by atoms with van der Waals surface area (Å²) in [5.41, 5.74) is 6.72. The van der Waals surface area contributed by atoms with Gasteiger partial charge in [0.15, 0.2) is 0 Å². The molecule has 0 bridgehead atoms. The molecule has 1 atom stereocenters. The second kappa shape index (κ2) is 3.78. The number of ether oxygens (including phenoxy) is 1. The van der Waals surface area contributed by atoms with Crippen molar-refractivity contribution in [3.63, 3.8) is 0 Å². The third-order valence-electron chi connectivity index (χ3n) is 2.22. The Morgan fingerprint density at radius 1 is 1.29 bits per heavy atom. The van der Waals surface area contributed by atoms with Crippen LogP contribution in [-0.4, -0.2) is 6.61 Å². The van der Waals surface area contributed by atoms with E-state index in [-0.39, 0.29) is 6.04 Å². The first kappa shape index (κ1) is 10.4. The van der Waals surface area contributed by atoms with E-state index in [1.165, 1.54) is 0 Å². The van der Waals surface area contributed by atoms with E-state index in [0.29, 0.717) is 27.4 Å². The molecule has 0 saturated carbocycles. The highest BCUT2D eigenvalue weighted by atomic mass is 35.5. The summed E-state index contributed by atoms with van der Waals surface area (Å²) in [5, 5.41) is 1.09. The molecule has 0 spiro atoms. The van der Waals surface area contributed by atoms with Gasteiger partial charge in [-0.25, -0.2) is 0 Å². The first-order valence-corrected chi connectivity index (χ1v) is 5.30. The van der Waals surface area contributed by atoms with Gasteiger partial charge in [-0.15, -0.1) is 0 Å². The summed E-state index contributed by atoms with van der Waals surface area (Å²) in [6.45, 7) is 0.561. The molecule has 1 aromatic rings. The fourth-order valence-corrected chi connectivity index (χ4v) is 2.13. The summed E-state index contributed by atoms with van der Waals surface area (Å²) in [5.74, 6) is 0.569. The number of benzene rings is 1. The predicted molar refractivity (Wildman–Crippen MR) is 58.5 cm³/mol. The van der Waals surface area contributed by atoms with Gasteiger partial charge in [-0.1, -0.05) is 34.8 Å². The maximum absolute atomic E-state index is 5.98. The molecule has 14 heavy (non-hydrogen) atoms. The zero-order valence-electron chi connectivity index (χ0n) is 7.19.